The number of halogens is 1. The summed E-state index contributed by atoms with van der Waals surface area (Å²) in [7, 11) is -2.30. The molecule has 0 unspecified atom stereocenters. The fourth-order valence-electron chi connectivity index (χ4n) is 7.40. The fourth-order valence-corrected chi connectivity index (χ4v) is 8.71. The van der Waals surface area contributed by atoms with Crippen LogP contribution >= 0.6 is 0 Å². The number of benzene rings is 1. The molecule has 2 aromatic heterocycles. The van der Waals surface area contributed by atoms with E-state index in [4.69, 9.17) is 4.74 Å². The first-order valence-electron chi connectivity index (χ1n) is 18.9. The van der Waals surface area contributed by atoms with Crippen LogP contribution in [-0.2, 0) is 37.9 Å². The quantitative estimate of drug-likeness (QED) is 0.286. The van der Waals surface area contributed by atoms with Crippen molar-refractivity contribution in [3.05, 3.63) is 59.3 Å². The van der Waals surface area contributed by atoms with E-state index in [9.17, 15) is 32.0 Å². The van der Waals surface area contributed by atoms with E-state index in [1.54, 1.807) is 37.7 Å². The molecule has 1 aromatic carbocycles. The summed E-state index contributed by atoms with van der Waals surface area (Å²) < 4.78 is 50.2. The zero-order valence-corrected chi connectivity index (χ0v) is 32.2. The van der Waals surface area contributed by atoms with Crippen LogP contribution in [0, 0.1) is 18.7 Å². The number of carbonyl (C=O) groups is 4. The van der Waals surface area contributed by atoms with Crippen LogP contribution in [0.1, 0.15) is 93.5 Å². The number of allylic oxidation sites excluding steroid dienone is 1. The van der Waals surface area contributed by atoms with Crippen molar-refractivity contribution in [2.45, 2.75) is 113 Å². The van der Waals surface area contributed by atoms with Crippen molar-refractivity contribution in [3.8, 4) is 5.88 Å². The summed E-state index contributed by atoms with van der Waals surface area (Å²) in [6.45, 7) is 5.13. The van der Waals surface area contributed by atoms with Gasteiger partial charge in [-0.2, -0.15) is 5.10 Å². The van der Waals surface area contributed by atoms with E-state index in [0.717, 1.165) is 18.5 Å². The lowest BCUT2D eigenvalue weighted by atomic mass is 10.0. The third-order valence-electron chi connectivity index (χ3n) is 11.4. The summed E-state index contributed by atoms with van der Waals surface area (Å²) in [5.41, 5.74) is 0.168. The number of sulfonamides is 1. The topological polar surface area (TPSA) is 195 Å². The molecule has 294 valence electrons. The first kappa shape index (κ1) is 38.3. The first-order valence-corrected chi connectivity index (χ1v) is 20.4. The maximum atomic E-state index is 14.8. The number of amides is 4. The molecule has 15 nitrogen and oxygen atoms in total. The minimum absolute atomic E-state index is 0.0136. The van der Waals surface area contributed by atoms with Crippen molar-refractivity contribution in [1.82, 2.24) is 40.0 Å². The minimum atomic E-state index is -4.01. The molecular weight excluding hydrogens is 732 g/mol. The second-order valence-electron chi connectivity index (χ2n) is 15.5. The van der Waals surface area contributed by atoms with Gasteiger partial charge in [0.05, 0.1) is 16.8 Å². The van der Waals surface area contributed by atoms with Crippen molar-refractivity contribution in [2.24, 2.45) is 13.0 Å². The van der Waals surface area contributed by atoms with Gasteiger partial charge in [0, 0.05) is 25.1 Å². The summed E-state index contributed by atoms with van der Waals surface area (Å²) in [5, 5.41) is 9.98. The van der Waals surface area contributed by atoms with Crippen LogP contribution in [0.3, 0.4) is 0 Å². The smallest absolute Gasteiger partial charge is 0.272 e. The van der Waals surface area contributed by atoms with Gasteiger partial charge in [-0.25, -0.2) is 22.8 Å². The maximum absolute atomic E-state index is 14.8. The molecule has 0 radical (unpaired) electrons. The molecule has 0 spiro atoms. The number of para-hydroxylation sites is 1. The highest BCUT2D eigenvalue weighted by Crippen LogP contribution is 2.47. The second-order valence-corrected chi connectivity index (χ2v) is 17.7. The molecule has 17 heteroatoms. The van der Waals surface area contributed by atoms with E-state index in [-0.39, 0.29) is 42.9 Å². The minimum Gasteiger partial charge on any atom is -0.471 e. The van der Waals surface area contributed by atoms with Gasteiger partial charge in [0.25, 0.3) is 11.8 Å². The maximum Gasteiger partial charge on any atom is 0.272 e. The Balaban J connectivity index is 1.21. The highest BCUT2D eigenvalue weighted by molar-refractivity contribution is 7.91. The number of nitrogens with one attached hydrogen (secondary N) is 3. The average molecular weight is 779 g/mol. The second kappa shape index (κ2) is 14.6. The predicted octanol–water partition coefficient (Wildman–Crippen LogP) is 2.91. The van der Waals surface area contributed by atoms with E-state index >= 15 is 0 Å². The Morgan fingerprint density at radius 2 is 1.93 bits per heavy atom. The number of fused-ring (bicyclic) bond motifs is 3. The predicted molar refractivity (Wildman–Crippen MR) is 199 cm³/mol. The van der Waals surface area contributed by atoms with E-state index in [2.05, 4.69) is 30.4 Å². The van der Waals surface area contributed by atoms with E-state index in [1.807, 2.05) is 19.1 Å². The number of ether oxygens (including phenoxy) is 1. The van der Waals surface area contributed by atoms with E-state index < -0.39 is 73.9 Å². The summed E-state index contributed by atoms with van der Waals surface area (Å²) in [6.07, 6.45) is 7.42. The molecule has 2 saturated carbocycles. The van der Waals surface area contributed by atoms with Crippen LogP contribution < -0.4 is 20.1 Å². The van der Waals surface area contributed by atoms with Gasteiger partial charge in [0.1, 0.15) is 40.6 Å². The molecule has 4 amide bonds. The van der Waals surface area contributed by atoms with Crippen LogP contribution in [0.2, 0.25) is 0 Å². The Morgan fingerprint density at radius 3 is 2.64 bits per heavy atom. The van der Waals surface area contributed by atoms with Gasteiger partial charge in [-0.15, -0.1) is 0 Å². The van der Waals surface area contributed by atoms with Crippen molar-refractivity contribution in [1.29, 1.82) is 0 Å². The highest BCUT2D eigenvalue weighted by atomic mass is 32.2. The van der Waals surface area contributed by atoms with Gasteiger partial charge in [-0.05, 0) is 77.0 Å². The zero-order valence-electron chi connectivity index (χ0n) is 31.4. The molecule has 3 N–H and O–H groups in total. The van der Waals surface area contributed by atoms with Crippen molar-refractivity contribution < 1.29 is 36.7 Å². The van der Waals surface area contributed by atoms with Crippen LogP contribution in [0.15, 0.2) is 36.4 Å². The Morgan fingerprint density at radius 1 is 1.15 bits per heavy atom. The first-order chi connectivity index (χ1) is 26.1. The summed E-state index contributed by atoms with van der Waals surface area (Å²) in [5.74, 6) is -3.55. The number of nitrogens with zero attached hydrogens (tertiary/aromatic N) is 5. The molecule has 2 aliphatic carbocycles. The Bertz CT molecular complexity index is 2170. The van der Waals surface area contributed by atoms with Gasteiger partial charge < -0.3 is 20.3 Å². The molecule has 0 bridgehead atoms. The normalized spacial score (nSPS) is 27.2. The summed E-state index contributed by atoms with van der Waals surface area (Å²) >= 11 is 0. The summed E-state index contributed by atoms with van der Waals surface area (Å²) in [4.78, 5) is 66.7. The SMILES string of the molecule is CCc1nc2cccc(F)c2nc1O[C@@H]1C[C@H]2C(=O)N[C@]3(C(=O)NS(=O)(=O)C4(C)CC4)C[C@H]3/C=C\CCCCC[C@H](NC(=O)c3cc(C)n(C)n3)C(=O)N2C1. The van der Waals surface area contributed by atoms with Crippen LogP contribution in [0.4, 0.5) is 4.39 Å². The molecule has 7 rings (SSSR count). The molecule has 55 heavy (non-hydrogen) atoms. The van der Waals surface area contributed by atoms with Crippen LogP contribution in [-0.4, -0.2) is 91.7 Å². The number of aryl methyl sites for hydroxylation is 3. The zero-order chi connectivity index (χ0) is 39.3. The molecule has 4 aliphatic rings. The monoisotopic (exact) mass is 778 g/mol. The lowest BCUT2D eigenvalue weighted by Crippen LogP contribution is -2.58. The van der Waals surface area contributed by atoms with E-state index in [1.165, 1.54) is 17.0 Å². The largest absolute Gasteiger partial charge is 0.471 e. The van der Waals surface area contributed by atoms with Gasteiger partial charge in [-0.3, -0.25) is 28.6 Å². The third kappa shape index (κ3) is 7.54. The highest BCUT2D eigenvalue weighted by Gasteiger charge is 2.63. The fraction of sp³-hybridized carbons (Fsp3) is 0.553. The van der Waals surface area contributed by atoms with Gasteiger partial charge in [-0.1, -0.05) is 38.0 Å². The molecule has 3 fully saturated rings. The van der Waals surface area contributed by atoms with Gasteiger partial charge in [0.2, 0.25) is 27.7 Å². The van der Waals surface area contributed by atoms with Crippen LogP contribution in [0.25, 0.3) is 11.0 Å². The molecule has 4 heterocycles. The lowest BCUT2D eigenvalue weighted by Gasteiger charge is -2.30. The molecular formula is C38H47FN8O7S. The van der Waals surface area contributed by atoms with Crippen LogP contribution in [0.5, 0.6) is 5.88 Å². The standard InChI is InChI=1S/C38H47FN8O7S/c1-5-26-34(42-31-25(39)13-11-15-27(31)40-26)54-24-19-30-33(49)43-38(36(51)45-55(52,53)37(3)16-17-37)20-23(38)12-9-7-6-8-10-14-28(35(50)47(30)21-24)41-32(48)29-18-22(2)46(4)44-29/h9,11-13,15,18,23-24,28,30H,5-8,10,14,16-17,19-21H2,1-4H3,(H,41,48)(H,43,49)(H,45,51)/b12-9-/t23-,24-,28+,30+,38-/m1/s1. The van der Waals surface area contributed by atoms with Crippen molar-refractivity contribution in [2.75, 3.05) is 6.54 Å². The van der Waals surface area contributed by atoms with E-state index in [0.29, 0.717) is 43.3 Å². The summed E-state index contributed by atoms with van der Waals surface area (Å²) in [6, 6.07) is 3.87. The molecule has 5 atom stereocenters. The number of hydrogen-bond donors (Lipinski definition) is 3. The Labute approximate surface area is 318 Å². The average Bonchev–Trinajstić information content (AvgIpc) is 3.98. The van der Waals surface area contributed by atoms with Gasteiger partial charge >= 0.3 is 0 Å². The van der Waals surface area contributed by atoms with Crippen molar-refractivity contribution >= 4 is 44.7 Å². The van der Waals surface area contributed by atoms with Crippen molar-refractivity contribution in [3.63, 3.8) is 0 Å². The molecule has 3 aromatic rings. The number of hydrogen-bond acceptors (Lipinski definition) is 10. The molecule has 2 aliphatic heterocycles. The third-order valence-corrected chi connectivity index (χ3v) is 13.6. The lowest BCUT2D eigenvalue weighted by molar-refractivity contribution is -0.141. The molecule has 1 saturated heterocycles. The number of carbonyl (C=O) groups excluding carboxylic acids is 4. The number of rotatable bonds is 8. The van der Waals surface area contributed by atoms with Gasteiger partial charge in [0.15, 0.2) is 5.82 Å². The number of aromatic nitrogens is 4. The Hall–Kier alpha value is -4.93. The Kier molecular flexibility index (Phi) is 10.2.